The maximum Gasteiger partial charge on any atom is 0.310 e. The zero-order valence-electron chi connectivity index (χ0n) is 11.3. The third-order valence-corrected chi connectivity index (χ3v) is 6.25. The number of nitrogens with zero attached hydrogens (tertiary/aromatic N) is 1. The monoisotopic (exact) mass is 308 g/mol. The summed E-state index contributed by atoms with van der Waals surface area (Å²) in [5, 5.41) is -0.869. The van der Waals surface area contributed by atoms with E-state index in [4.69, 9.17) is 18.0 Å². The maximum absolute atomic E-state index is 12.4. The van der Waals surface area contributed by atoms with Gasteiger partial charge in [-0.3, -0.25) is 4.79 Å². The molecule has 0 aliphatic carbocycles. The molecule has 0 amide bonds. The van der Waals surface area contributed by atoms with Crippen LogP contribution < -0.4 is 5.73 Å². The second kappa shape index (κ2) is 6.15. The molecule has 0 aromatic rings. The summed E-state index contributed by atoms with van der Waals surface area (Å²) < 4.78 is 30.8. The van der Waals surface area contributed by atoms with Crippen molar-refractivity contribution < 1.29 is 17.9 Å². The van der Waals surface area contributed by atoms with E-state index in [0.717, 1.165) is 0 Å². The molecule has 2 N–H and O–H groups in total. The van der Waals surface area contributed by atoms with Crippen molar-refractivity contribution in [3.05, 3.63) is 0 Å². The number of methoxy groups -OCH3 is 1. The van der Waals surface area contributed by atoms with E-state index in [1.807, 2.05) is 6.92 Å². The number of rotatable bonds is 5. The highest BCUT2D eigenvalue weighted by Gasteiger charge is 2.43. The number of hydrogen-bond acceptors (Lipinski definition) is 5. The standard InChI is InChI=1S/C11H20N2O4S2/c1-4-9(10(12)18)19(15,16)13-5-7(2)8(6-13)11(14)17-3/h7-9H,4-6H2,1-3H3,(H2,12,18). The smallest absolute Gasteiger partial charge is 0.310 e. The van der Waals surface area contributed by atoms with E-state index >= 15 is 0 Å². The Morgan fingerprint density at radius 2 is 2.11 bits per heavy atom. The highest BCUT2D eigenvalue weighted by atomic mass is 32.2. The molecule has 0 radical (unpaired) electrons. The van der Waals surface area contributed by atoms with Gasteiger partial charge in [-0.1, -0.05) is 26.1 Å². The molecular weight excluding hydrogens is 288 g/mol. The molecule has 1 saturated heterocycles. The number of hydrogen-bond donors (Lipinski definition) is 1. The quantitative estimate of drug-likeness (QED) is 0.573. The molecule has 0 saturated carbocycles. The summed E-state index contributed by atoms with van der Waals surface area (Å²) >= 11 is 4.81. The van der Waals surface area contributed by atoms with Gasteiger partial charge in [0.2, 0.25) is 10.0 Å². The minimum absolute atomic E-state index is 0.0309. The fourth-order valence-corrected chi connectivity index (χ4v) is 4.74. The van der Waals surface area contributed by atoms with Crippen LogP contribution in [0.3, 0.4) is 0 Å². The van der Waals surface area contributed by atoms with Gasteiger partial charge in [-0.05, 0) is 12.3 Å². The lowest BCUT2D eigenvalue weighted by atomic mass is 9.99. The zero-order valence-corrected chi connectivity index (χ0v) is 13.0. The Labute approximate surface area is 119 Å². The number of ether oxygens (including phenoxy) is 1. The SMILES string of the molecule is CCC(C(N)=S)S(=O)(=O)N1CC(C)C(C(=O)OC)C1. The van der Waals surface area contributed by atoms with Crippen LogP contribution in [0.4, 0.5) is 0 Å². The molecule has 1 fully saturated rings. The summed E-state index contributed by atoms with van der Waals surface area (Å²) in [6.07, 6.45) is 0.325. The molecule has 1 rings (SSSR count). The van der Waals surface area contributed by atoms with Gasteiger partial charge in [0.25, 0.3) is 0 Å². The summed E-state index contributed by atoms with van der Waals surface area (Å²) in [5.41, 5.74) is 5.49. The molecule has 8 heteroatoms. The predicted molar refractivity (Wildman–Crippen MR) is 76.0 cm³/mol. The van der Waals surface area contributed by atoms with E-state index in [2.05, 4.69) is 4.74 Å². The van der Waals surface area contributed by atoms with Crippen LogP contribution in [0.2, 0.25) is 0 Å². The van der Waals surface area contributed by atoms with Crippen molar-refractivity contribution in [1.82, 2.24) is 4.31 Å². The first-order valence-electron chi connectivity index (χ1n) is 6.11. The summed E-state index contributed by atoms with van der Waals surface area (Å²) in [7, 11) is -2.30. The molecule has 6 nitrogen and oxygen atoms in total. The van der Waals surface area contributed by atoms with Gasteiger partial charge >= 0.3 is 5.97 Å². The summed E-state index contributed by atoms with van der Waals surface area (Å²) in [6.45, 7) is 3.98. The first-order chi connectivity index (χ1) is 8.75. The first-order valence-corrected chi connectivity index (χ1v) is 8.02. The normalized spacial score (nSPS) is 26.1. The van der Waals surface area contributed by atoms with E-state index in [0.29, 0.717) is 13.0 Å². The number of carbonyl (C=O) groups is 1. The van der Waals surface area contributed by atoms with Gasteiger partial charge in [0.1, 0.15) is 5.25 Å². The van der Waals surface area contributed by atoms with Crippen molar-refractivity contribution in [3.63, 3.8) is 0 Å². The molecule has 3 unspecified atom stereocenters. The van der Waals surface area contributed by atoms with Gasteiger partial charge in [-0.15, -0.1) is 0 Å². The molecule has 1 heterocycles. The summed E-state index contributed by atoms with van der Waals surface area (Å²) in [6, 6.07) is 0. The van der Waals surface area contributed by atoms with Crippen LogP contribution in [-0.4, -0.2) is 49.1 Å². The Hall–Kier alpha value is -0.730. The topological polar surface area (TPSA) is 89.7 Å². The van der Waals surface area contributed by atoms with Gasteiger partial charge in [-0.2, -0.15) is 0 Å². The van der Waals surface area contributed by atoms with Crippen molar-refractivity contribution in [2.75, 3.05) is 20.2 Å². The van der Waals surface area contributed by atoms with Gasteiger partial charge in [0.05, 0.1) is 18.0 Å². The van der Waals surface area contributed by atoms with Crippen LogP contribution in [0.25, 0.3) is 0 Å². The minimum Gasteiger partial charge on any atom is -0.469 e. The fourth-order valence-electron chi connectivity index (χ4n) is 2.33. The van der Waals surface area contributed by atoms with Crippen LogP contribution >= 0.6 is 12.2 Å². The van der Waals surface area contributed by atoms with E-state index in [-0.39, 0.29) is 23.4 Å². The summed E-state index contributed by atoms with van der Waals surface area (Å²) in [5.74, 6) is -0.886. The molecule has 0 spiro atoms. The Morgan fingerprint density at radius 3 is 2.53 bits per heavy atom. The lowest BCUT2D eigenvalue weighted by Gasteiger charge is -2.22. The van der Waals surface area contributed by atoms with Crippen molar-refractivity contribution in [2.24, 2.45) is 17.6 Å². The van der Waals surface area contributed by atoms with Crippen molar-refractivity contribution in [3.8, 4) is 0 Å². The Morgan fingerprint density at radius 1 is 1.53 bits per heavy atom. The Balaban J connectivity index is 2.94. The molecule has 1 aliphatic rings. The third kappa shape index (κ3) is 3.24. The average Bonchev–Trinajstić information content (AvgIpc) is 2.71. The second-order valence-electron chi connectivity index (χ2n) is 4.77. The lowest BCUT2D eigenvalue weighted by molar-refractivity contribution is -0.145. The van der Waals surface area contributed by atoms with Crippen molar-refractivity contribution in [1.29, 1.82) is 0 Å². The number of sulfonamides is 1. The first kappa shape index (κ1) is 16.3. The average molecular weight is 308 g/mol. The summed E-state index contributed by atoms with van der Waals surface area (Å²) in [4.78, 5) is 11.5. The van der Waals surface area contributed by atoms with E-state index < -0.39 is 21.2 Å². The number of thiocarbonyl (C=S) groups is 1. The largest absolute Gasteiger partial charge is 0.469 e. The zero-order chi connectivity index (χ0) is 14.8. The van der Waals surface area contributed by atoms with Crippen molar-refractivity contribution in [2.45, 2.75) is 25.5 Å². The van der Waals surface area contributed by atoms with Crippen LogP contribution in [0.1, 0.15) is 20.3 Å². The van der Waals surface area contributed by atoms with E-state index in [1.165, 1.54) is 11.4 Å². The molecule has 0 bridgehead atoms. The van der Waals surface area contributed by atoms with E-state index in [1.54, 1.807) is 6.92 Å². The Bertz CT molecular complexity index is 463. The highest BCUT2D eigenvalue weighted by Crippen LogP contribution is 2.28. The molecule has 110 valence electrons. The number of carbonyl (C=O) groups excluding carboxylic acids is 1. The van der Waals surface area contributed by atoms with Crippen molar-refractivity contribution >= 4 is 33.2 Å². The Kier molecular flexibility index (Phi) is 5.28. The maximum atomic E-state index is 12.4. The minimum atomic E-state index is -3.60. The number of esters is 1. The molecule has 0 aromatic carbocycles. The van der Waals surface area contributed by atoms with Gasteiger partial charge in [0.15, 0.2) is 0 Å². The molecule has 3 atom stereocenters. The molecule has 19 heavy (non-hydrogen) atoms. The van der Waals surface area contributed by atoms with Gasteiger partial charge in [0, 0.05) is 13.1 Å². The predicted octanol–water partition coefficient (Wildman–Crippen LogP) is 0.122. The highest BCUT2D eigenvalue weighted by molar-refractivity contribution is 7.92. The second-order valence-corrected chi connectivity index (χ2v) is 7.35. The van der Waals surface area contributed by atoms with Crippen LogP contribution in [0, 0.1) is 11.8 Å². The third-order valence-electron chi connectivity index (χ3n) is 3.49. The van der Waals surface area contributed by atoms with Crippen LogP contribution in [0.5, 0.6) is 0 Å². The van der Waals surface area contributed by atoms with E-state index in [9.17, 15) is 13.2 Å². The van der Waals surface area contributed by atoms with Gasteiger partial charge < -0.3 is 10.5 Å². The molecule has 1 aliphatic heterocycles. The molecule has 0 aromatic heterocycles. The number of nitrogens with two attached hydrogens (primary N) is 1. The van der Waals surface area contributed by atoms with Gasteiger partial charge in [-0.25, -0.2) is 12.7 Å². The fraction of sp³-hybridized carbons (Fsp3) is 0.818. The lowest BCUT2D eigenvalue weighted by Crippen LogP contribution is -2.43. The van der Waals surface area contributed by atoms with Crippen LogP contribution in [0.15, 0.2) is 0 Å². The van der Waals surface area contributed by atoms with Crippen LogP contribution in [-0.2, 0) is 19.6 Å². The molecular formula is C11H20N2O4S2.